The summed E-state index contributed by atoms with van der Waals surface area (Å²) in [6, 6.07) is 66.6. The van der Waals surface area contributed by atoms with Gasteiger partial charge >= 0.3 is 0 Å². The van der Waals surface area contributed by atoms with Crippen LogP contribution in [0.15, 0.2) is 182 Å². The molecule has 0 amide bonds. The molecule has 4 heteroatoms. The number of anilines is 3. The number of aromatic nitrogens is 1. The van der Waals surface area contributed by atoms with Crippen molar-refractivity contribution in [2.75, 3.05) is 4.90 Å². The van der Waals surface area contributed by atoms with E-state index in [1.165, 1.54) is 84.7 Å². The lowest BCUT2D eigenvalue weighted by molar-refractivity contribution is 1.18. The molecule has 52 heavy (non-hydrogen) atoms. The second-order valence-electron chi connectivity index (χ2n) is 13.3. The molecule has 11 rings (SSSR count). The molecule has 0 radical (unpaired) electrons. The van der Waals surface area contributed by atoms with E-state index in [2.05, 4.69) is 191 Å². The second kappa shape index (κ2) is 11.7. The van der Waals surface area contributed by atoms with Gasteiger partial charge in [-0.15, -0.1) is 22.7 Å². The fourth-order valence-corrected chi connectivity index (χ4v) is 10.6. The quantitative estimate of drug-likeness (QED) is 0.174. The monoisotopic (exact) mass is 698 g/mol. The van der Waals surface area contributed by atoms with Crippen LogP contribution in [0.25, 0.3) is 79.0 Å². The predicted octanol–water partition coefficient (Wildman–Crippen LogP) is 14.7. The molecule has 0 fully saturated rings. The normalized spacial score (nSPS) is 11.8. The minimum absolute atomic E-state index is 1.14. The number of para-hydroxylation sites is 2. The summed E-state index contributed by atoms with van der Waals surface area (Å²) in [6.07, 6.45) is 0. The van der Waals surface area contributed by atoms with Gasteiger partial charge in [-0.25, -0.2) is 0 Å². The largest absolute Gasteiger partial charge is 0.309 e. The Labute approximate surface area is 308 Å². The maximum Gasteiger partial charge on any atom is 0.0640 e. The maximum absolute atomic E-state index is 2.53. The molecular weight excluding hydrogens is 669 g/mol. The van der Waals surface area contributed by atoms with Crippen molar-refractivity contribution in [2.24, 2.45) is 0 Å². The van der Waals surface area contributed by atoms with Crippen molar-refractivity contribution in [3.05, 3.63) is 182 Å². The van der Waals surface area contributed by atoms with Gasteiger partial charge in [0.05, 0.1) is 27.1 Å². The van der Waals surface area contributed by atoms with E-state index in [0.29, 0.717) is 0 Å². The van der Waals surface area contributed by atoms with Crippen LogP contribution in [-0.4, -0.2) is 4.57 Å². The minimum Gasteiger partial charge on any atom is -0.309 e. The Morgan fingerprint density at radius 3 is 1.87 bits per heavy atom. The highest BCUT2D eigenvalue weighted by atomic mass is 32.1. The summed E-state index contributed by atoms with van der Waals surface area (Å²) in [6.45, 7) is 0. The summed E-state index contributed by atoms with van der Waals surface area (Å²) in [7, 11) is 0. The third kappa shape index (κ3) is 4.42. The molecule has 0 atom stereocenters. The van der Waals surface area contributed by atoms with E-state index in [0.717, 1.165) is 11.4 Å². The summed E-state index contributed by atoms with van der Waals surface area (Å²) in [4.78, 5) is 2.53. The van der Waals surface area contributed by atoms with Crippen LogP contribution in [-0.2, 0) is 0 Å². The molecule has 0 bridgehead atoms. The number of benzene rings is 8. The number of hydrogen-bond acceptors (Lipinski definition) is 3. The first-order chi connectivity index (χ1) is 25.8. The molecular formula is C48H30N2S2. The van der Waals surface area contributed by atoms with Crippen molar-refractivity contribution in [2.45, 2.75) is 0 Å². The lowest BCUT2D eigenvalue weighted by Gasteiger charge is -2.28. The van der Waals surface area contributed by atoms with Crippen molar-refractivity contribution >= 4 is 102 Å². The summed E-state index contributed by atoms with van der Waals surface area (Å²) in [5, 5.41) is 7.64. The summed E-state index contributed by atoms with van der Waals surface area (Å²) in [5.41, 5.74) is 9.57. The summed E-state index contributed by atoms with van der Waals surface area (Å²) < 4.78 is 7.58. The molecule has 0 aliphatic heterocycles. The summed E-state index contributed by atoms with van der Waals surface area (Å²) >= 11 is 3.77. The molecule has 2 nitrogen and oxygen atoms in total. The predicted molar refractivity (Wildman–Crippen MR) is 227 cm³/mol. The highest BCUT2D eigenvalue weighted by Gasteiger charge is 2.24. The van der Waals surface area contributed by atoms with Crippen LogP contribution in [0.4, 0.5) is 17.1 Å². The van der Waals surface area contributed by atoms with Crippen LogP contribution in [0.1, 0.15) is 0 Å². The SMILES string of the molecule is c1ccc(-c2ccc(N(c3ccc4c(c3)c3ccccc3n4-c3ccccc3)c3cccc4c3sc3ccccc34)c3c2sc2ccccc23)cc1. The Morgan fingerprint density at radius 1 is 0.404 bits per heavy atom. The topological polar surface area (TPSA) is 8.17 Å². The molecule has 0 unspecified atom stereocenters. The lowest BCUT2D eigenvalue weighted by atomic mass is 10.00. The lowest BCUT2D eigenvalue weighted by Crippen LogP contribution is -2.10. The van der Waals surface area contributed by atoms with E-state index in [1.54, 1.807) is 0 Å². The van der Waals surface area contributed by atoms with Gasteiger partial charge < -0.3 is 9.47 Å². The zero-order chi connectivity index (χ0) is 34.2. The van der Waals surface area contributed by atoms with Crippen molar-refractivity contribution in [3.63, 3.8) is 0 Å². The van der Waals surface area contributed by atoms with E-state index in [1.807, 2.05) is 22.7 Å². The van der Waals surface area contributed by atoms with Crippen molar-refractivity contribution in [1.29, 1.82) is 0 Å². The van der Waals surface area contributed by atoms with Crippen LogP contribution >= 0.6 is 22.7 Å². The van der Waals surface area contributed by atoms with Crippen LogP contribution < -0.4 is 4.90 Å². The van der Waals surface area contributed by atoms with Gasteiger partial charge in [0.25, 0.3) is 0 Å². The number of nitrogens with zero attached hydrogens (tertiary/aromatic N) is 2. The first kappa shape index (κ1) is 29.5. The standard InChI is InChI=1S/C48H30N2S2/c1-3-14-31(15-4-1)34-27-29-42(46-38-20-9-12-25-45(38)52-48(34)46)50(43-23-13-21-37-36-19-8-11-24-44(36)51-47(37)43)33-26-28-41-39(30-33)35-18-7-10-22-40(35)49(41)32-16-5-2-6-17-32/h1-30H. The number of fused-ring (bicyclic) bond motifs is 9. The van der Waals surface area contributed by atoms with Crippen LogP contribution in [0.3, 0.4) is 0 Å². The Kier molecular flexibility index (Phi) is 6.63. The van der Waals surface area contributed by atoms with Crippen LogP contribution in [0, 0.1) is 0 Å². The Hall–Kier alpha value is -6.20. The van der Waals surface area contributed by atoms with E-state index in [4.69, 9.17) is 0 Å². The van der Waals surface area contributed by atoms with Gasteiger partial charge in [0, 0.05) is 57.8 Å². The van der Waals surface area contributed by atoms with Crippen molar-refractivity contribution in [3.8, 4) is 16.8 Å². The van der Waals surface area contributed by atoms with E-state index in [9.17, 15) is 0 Å². The average Bonchev–Trinajstić information content (AvgIpc) is 3.89. The second-order valence-corrected chi connectivity index (χ2v) is 15.4. The molecule has 244 valence electrons. The fraction of sp³-hybridized carbons (Fsp3) is 0. The number of rotatable bonds is 5. The highest BCUT2D eigenvalue weighted by Crippen LogP contribution is 2.51. The zero-order valence-electron chi connectivity index (χ0n) is 28.0. The molecule has 0 aliphatic carbocycles. The fourth-order valence-electron chi connectivity index (χ4n) is 8.11. The molecule has 0 aliphatic rings. The Balaban J connectivity index is 1.25. The average molecular weight is 699 g/mol. The number of hydrogen-bond donors (Lipinski definition) is 0. The summed E-state index contributed by atoms with van der Waals surface area (Å²) in [5.74, 6) is 0. The molecule has 3 heterocycles. The third-order valence-corrected chi connectivity index (χ3v) is 12.8. The molecule has 0 saturated carbocycles. The van der Waals surface area contributed by atoms with Gasteiger partial charge in [-0.3, -0.25) is 0 Å². The molecule has 8 aromatic carbocycles. The smallest absolute Gasteiger partial charge is 0.0640 e. The molecule has 11 aromatic rings. The van der Waals surface area contributed by atoms with Crippen LogP contribution in [0.2, 0.25) is 0 Å². The van der Waals surface area contributed by atoms with Gasteiger partial charge in [-0.05, 0) is 71.8 Å². The first-order valence-corrected chi connectivity index (χ1v) is 19.2. The van der Waals surface area contributed by atoms with Gasteiger partial charge in [-0.1, -0.05) is 121 Å². The van der Waals surface area contributed by atoms with E-state index in [-0.39, 0.29) is 0 Å². The van der Waals surface area contributed by atoms with Gasteiger partial charge in [-0.2, -0.15) is 0 Å². The van der Waals surface area contributed by atoms with Gasteiger partial charge in [0.2, 0.25) is 0 Å². The molecule has 0 N–H and O–H groups in total. The Morgan fingerprint density at radius 2 is 1.04 bits per heavy atom. The van der Waals surface area contributed by atoms with Gasteiger partial charge in [0.1, 0.15) is 0 Å². The minimum atomic E-state index is 1.14. The first-order valence-electron chi connectivity index (χ1n) is 17.6. The van der Waals surface area contributed by atoms with Crippen molar-refractivity contribution in [1.82, 2.24) is 4.57 Å². The van der Waals surface area contributed by atoms with Gasteiger partial charge in [0.15, 0.2) is 0 Å². The molecule has 0 saturated heterocycles. The number of thiophene rings is 2. The maximum atomic E-state index is 2.53. The third-order valence-electron chi connectivity index (χ3n) is 10.4. The zero-order valence-corrected chi connectivity index (χ0v) is 29.7. The molecule has 0 spiro atoms. The Bertz CT molecular complexity index is 3130. The highest BCUT2D eigenvalue weighted by molar-refractivity contribution is 7.27. The van der Waals surface area contributed by atoms with Crippen molar-refractivity contribution < 1.29 is 0 Å². The van der Waals surface area contributed by atoms with E-state index >= 15 is 0 Å². The van der Waals surface area contributed by atoms with Crippen LogP contribution in [0.5, 0.6) is 0 Å². The molecule has 3 aromatic heterocycles. The van der Waals surface area contributed by atoms with E-state index < -0.39 is 0 Å².